The van der Waals surface area contributed by atoms with Gasteiger partial charge in [-0.1, -0.05) is 36.4 Å². The summed E-state index contributed by atoms with van der Waals surface area (Å²) >= 11 is 0. The molecule has 0 fully saturated rings. The van der Waals surface area contributed by atoms with Gasteiger partial charge in [-0.2, -0.15) is 13.2 Å². The Morgan fingerprint density at radius 3 is 2.73 bits per heavy atom. The lowest BCUT2D eigenvalue weighted by Crippen LogP contribution is -2.05. The Morgan fingerprint density at radius 2 is 2.05 bits per heavy atom. The van der Waals surface area contributed by atoms with Gasteiger partial charge in [0.25, 0.3) is 0 Å². The van der Waals surface area contributed by atoms with E-state index in [9.17, 15) is 18.0 Å². The van der Waals surface area contributed by atoms with E-state index < -0.39 is 17.7 Å². The van der Waals surface area contributed by atoms with Crippen LogP contribution in [0.2, 0.25) is 0 Å². The maximum Gasteiger partial charge on any atom is 0.416 e. The van der Waals surface area contributed by atoms with Crippen molar-refractivity contribution in [1.29, 1.82) is 0 Å². The van der Waals surface area contributed by atoms with Crippen LogP contribution in [-0.4, -0.2) is 12.6 Å². The summed E-state index contributed by atoms with van der Waals surface area (Å²) in [6.07, 6.45) is 4.25. The highest BCUT2D eigenvalue weighted by atomic mass is 19.4. The van der Waals surface area contributed by atoms with Gasteiger partial charge in [0.2, 0.25) is 0 Å². The molecule has 0 saturated carbocycles. The zero-order valence-electron chi connectivity index (χ0n) is 12.4. The second-order valence-electron chi connectivity index (χ2n) is 4.63. The van der Waals surface area contributed by atoms with E-state index in [1.807, 2.05) is 6.08 Å². The molecule has 0 aliphatic rings. The predicted octanol–water partition coefficient (Wildman–Crippen LogP) is 4.70. The van der Waals surface area contributed by atoms with Crippen LogP contribution in [0.5, 0.6) is 0 Å². The van der Waals surface area contributed by atoms with Gasteiger partial charge in [0.1, 0.15) is 0 Å². The molecule has 0 unspecified atom stereocenters. The van der Waals surface area contributed by atoms with Crippen molar-refractivity contribution in [3.63, 3.8) is 0 Å². The van der Waals surface area contributed by atoms with Crippen LogP contribution in [0, 0.1) is 0 Å². The Bertz CT molecular complexity index is 531. The molecule has 120 valence electrons. The van der Waals surface area contributed by atoms with Crippen molar-refractivity contribution >= 4 is 5.97 Å². The Kier molecular flexibility index (Phi) is 7.43. The highest BCUT2D eigenvalue weighted by Crippen LogP contribution is 2.29. The summed E-state index contributed by atoms with van der Waals surface area (Å²) in [5, 5.41) is 0. The standard InChI is InChI=1S/C17H19F3O2/c1-2-22-16(21)12-7-5-3-4-6-9-14-10-8-11-15(13-14)17(18,19)20/h3,5,7-8,10-13H,2,4,6,9H2,1H3/b5-3+,12-7+. The second-order valence-corrected chi connectivity index (χ2v) is 4.63. The van der Waals surface area contributed by atoms with Crippen molar-refractivity contribution in [2.45, 2.75) is 32.4 Å². The van der Waals surface area contributed by atoms with Crippen molar-refractivity contribution in [2.24, 2.45) is 0 Å². The van der Waals surface area contributed by atoms with Crippen LogP contribution in [0.25, 0.3) is 0 Å². The normalized spacial score (nSPS) is 12.2. The molecule has 22 heavy (non-hydrogen) atoms. The van der Waals surface area contributed by atoms with Gasteiger partial charge in [-0.25, -0.2) is 4.79 Å². The highest BCUT2D eigenvalue weighted by Gasteiger charge is 2.30. The van der Waals surface area contributed by atoms with Crippen molar-refractivity contribution in [1.82, 2.24) is 0 Å². The molecule has 2 nitrogen and oxygen atoms in total. The summed E-state index contributed by atoms with van der Waals surface area (Å²) < 4.78 is 42.4. The minimum absolute atomic E-state index is 0.337. The average Bonchev–Trinajstić information content (AvgIpc) is 2.46. The van der Waals surface area contributed by atoms with E-state index >= 15 is 0 Å². The van der Waals surface area contributed by atoms with E-state index in [0.717, 1.165) is 18.9 Å². The Labute approximate surface area is 128 Å². The van der Waals surface area contributed by atoms with Gasteiger partial charge in [0.15, 0.2) is 0 Å². The van der Waals surface area contributed by atoms with E-state index in [0.29, 0.717) is 18.6 Å². The van der Waals surface area contributed by atoms with Gasteiger partial charge < -0.3 is 4.74 Å². The lowest BCUT2D eigenvalue weighted by Gasteiger charge is -2.08. The van der Waals surface area contributed by atoms with E-state index in [-0.39, 0.29) is 0 Å². The fourth-order valence-electron chi connectivity index (χ4n) is 1.83. The number of rotatable bonds is 7. The maximum atomic E-state index is 12.6. The first-order valence-corrected chi connectivity index (χ1v) is 7.09. The number of benzene rings is 1. The molecule has 0 atom stereocenters. The van der Waals surface area contributed by atoms with Crippen LogP contribution in [0.3, 0.4) is 0 Å². The van der Waals surface area contributed by atoms with Crippen LogP contribution in [0.15, 0.2) is 48.6 Å². The molecular formula is C17H19F3O2. The van der Waals surface area contributed by atoms with Crippen LogP contribution in [0.4, 0.5) is 13.2 Å². The molecule has 0 saturated heterocycles. The molecule has 0 bridgehead atoms. The first-order chi connectivity index (χ1) is 10.4. The van der Waals surface area contributed by atoms with E-state index in [1.165, 1.54) is 18.2 Å². The number of halogens is 3. The monoisotopic (exact) mass is 312 g/mol. The van der Waals surface area contributed by atoms with Gasteiger partial charge in [-0.3, -0.25) is 0 Å². The van der Waals surface area contributed by atoms with Crippen LogP contribution < -0.4 is 0 Å². The zero-order chi connectivity index (χ0) is 16.4. The summed E-state index contributed by atoms with van der Waals surface area (Å²) in [4.78, 5) is 11.0. The molecule has 0 spiro atoms. The first kappa shape index (κ1) is 18.0. The second kappa shape index (κ2) is 9.07. The fourth-order valence-corrected chi connectivity index (χ4v) is 1.83. The number of carbonyl (C=O) groups is 1. The number of ether oxygens (including phenoxy) is 1. The van der Waals surface area contributed by atoms with E-state index in [1.54, 1.807) is 25.1 Å². The van der Waals surface area contributed by atoms with Gasteiger partial charge in [0.05, 0.1) is 12.2 Å². The average molecular weight is 312 g/mol. The summed E-state index contributed by atoms with van der Waals surface area (Å²) in [5.74, 6) is -0.392. The number of aryl methyl sites for hydroxylation is 1. The number of alkyl halides is 3. The van der Waals surface area contributed by atoms with Crippen LogP contribution >= 0.6 is 0 Å². The van der Waals surface area contributed by atoms with Crippen molar-refractivity contribution in [2.75, 3.05) is 6.61 Å². The Morgan fingerprint density at radius 1 is 1.27 bits per heavy atom. The smallest absolute Gasteiger partial charge is 0.416 e. The third kappa shape index (κ3) is 7.11. The quantitative estimate of drug-likeness (QED) is 0.316. The summed E-state index contributed by atoms with van der Waals surface area (Å²) in [5.41, 5.74) is 0.0585. The fraction of sp³-hybridized carbons (Fsp3) is 0.353. The van der Waals surface area contributed by atoms with Gasteiger partial charge in [0, 0.05) is 6.08 Å². The number of unbranched alkanes of at least 4 members (excludes halogenated alkanes) is 1. The zero-order valence-corrected chi connectivity index (χ0v) is 12.4. The minimum atomic E-state index is -4.30. The highest BCUT2D eigenvalue weighted by molar-refractivity contribution is 5.82. The molecule has 0 N–H and O–H groups in total. The Balaban J connectivity index is 2.35. The van der Waals surface area contributed by atoms with Crippen LogP contribution in [0.1, 0.15) is 30.9 Å². The molecule has 0 heterocycles. The topological polar surface area (TPSA) is 26.3 Å². The molecule has 0 amide bonds. The molecular weight excluding hydrogens is 293 g/mol. The number of allylic oxidation sites excluding steroid dienone is 3. The molecule has 0 radical (unpaired) electrons. The number of carbonyl (C=O) groups excluding carboxylic acids is 1. The Hall–Kier alpha value is -2.04. The molecule has 0 aromatic heterocycles. The largest absolute Gasteiger partial charge is 0.463 e. The first-order valence-electron chi connectivity index (χ1n) is 7.09. The number of esters is 1. The third-order valence-electron chi connectivity index (χ3n) is 2.86. The minimum Gasteiger partial charge on any atom is -0.463 e. The number of hydrogen-bond acceptors (Lipinski definition) is 2. The lowest BCUT2D eigenvalue weighted by atomic mass is 10.0. The molecule has 5 heteroatoms. The van der Waals surface area contributed by atoms with Crippen LogP contribution in [-0.2, 0) is 22.1 Å². The summed E-state index contributed by atoms with van der Waals surface area (Å²) in [6.45, 7) is 2.07. The molecule has 1 rings (SSSR count). The molecule has 1 aromatic rings. The van der Waals surface area contributed by atoms with Gasteiger partial charge in [-0.05, 0) is 37.8 Å². The van der Waals surface area contributed by atoms with Gasteiger partial charge in [-0.15, -0.1) is 0 Å². The molecule has 0 aliphatic heterocycles. The summed E-state index contributed by atoms with van der Waals surface area (Å²) in [7, 11) is 0. The third-order valence-corrected chi connectivity index (χ3v) is 2.86. The lowest BCUT2D eigenvalue weighted by molar-refractivity contribution is -0.138. The summed E-state index contributed by atoms with van der Waals surface area (Å²) in [6, 6.07) is 5.38. The van der Waals surface area contributed by atoms with Gasteiger partial charge >= 0.3 is 12.1 Å². The van der Waals surface area contributed by atoms with Crippen molar-refractivity contribution in [3.8, 4) is 0 Å². The molecule has 0 aliphatic carbocycles. The van der Waals surface area contributed by atoms with E-state index in [2.05, 4.69) is 0 Å². The predicted molar refractivity (Wildman–Crippen MR) is 79.3 cm³/mol. The van der Waals surface area contributed by atoms with Crippen molar-refractivity contribution < 1.29 is 22.7 Å². The van der Waals surface area contributed by atoms with Crippen molar-refractivity contribution in [3.05, 3.63) is 59.7 Å². The number of hydrogen-bond donors (Lipinski definition) is 0. The van der Waals surface area contributed by atoms with E-state index in [4.69, 9.17) is 4.74 Å². The SMILES string of the molecule is CCOC(=O)/C=C/C=C/CCCc1cccc(C(F)(F)F)c1. The molecule has 1 aromatic carbocycles. The maximum absolute atomic E-state index is 12.6.